The second-order valence-corrected chi connectivity index (χ2v) is 7.57. The molecular formula is C27H24N2O4. The smallest absolute Gasteiger partial charge is 0.290 e. The highest BCUT2D eigenvalue weighted by molar-refractivity contribution is 6.14. The number of ether oxygens (including phenoxy) is 1. The van der Waals surface area contributed by atoms with Gasteiger partial charge in [0.1, 0.15) is 5.75 Å². The molecule has 0 aliphatic carbocycles. The van der Waals surface area contributed by atoms with Crippen molar-refractivity contribution in [3.05, 3.63) is 113 Å². The summed E-state index contributed by atoms with van der Waals surface area (Å²) in [5.74, 6) is -0.928. The van der Waals surface area contributed by atoms with Crippen molar-refractivity contribution >= 4 is 17.8 Å². The van der Waals surface area contributed by atoms with Gasteiger partial charge in [0.05, 0.1) is 18.2 Å². The molecule has 6 nitrogen and oxygen atoms in total. The molecule has 2 heterocycles. The fraction of sp³-hybridized carbons (Fsp3) is 0.148. The predicted octanol–water partition coefficient (Wildman–Crippen LogP) is 4.66. The summed E-state index contributed by atoms with van der Waals surface area (Å²) < 4.78 is 5.62. The summed E-state index contributed by atoms with van der Waals surface area (Å²) >= 11 is 0. The summed E-state index contributed by atoms with van der Waals surface area (Å²) in [5, 5.41) is 10.8. The van der Waals surface area contributed by atoms with Crippen LogP contribution in [0, 0.1) is 0 Å². The van der Waals surface area contributed by atoms with Gasteiger partial charge in [0, 0.05) is 18.9 Å². The van der Waals surface area contributed by atoms with Crippen LogP contribution in [0.5, 0.6) is 5.75 Å². The average molecular weight is 440 g/mol. The lowest BCUT2D eigenvalue weighted by molar-refractivity contribution is -0.130. The second kappa shape index (κ2) is 9.96. The summed E-state index contributed by atoms with van der Waals surface area (Å²) in [6.45, 7) is 2.56. The van der Waals surface area contributed by atoms with Gasteiger partial charge in [-0.3, -0.25) is 14.6 Å². The van der Waals surface area contributed by atoms with E-state index in [4.69, 9.17) is 4.74 Å². The van der Waals surface area contributed by atoms with Crippen LogP contribution in [0.2, 0.25) is 0 Å². The number of rotatable bonds is 8. The van der Waals surface area contributed by atoms with E-state index >= 15 is 0 Å². The van der Waals surface area contributed by atoms with Crippen molar-refractivity contribution in [2.45, 2.75) is 19.5 Å². The van der Waals surface area contributed by atoms with E-state index in [9.17, 15) is 14.7 Å². The van der Waals surface area contributed by atoms with Crippen molar-refractivity contribution in [2.75, 3.05) is 6.61 Å². The molecule has 0 spiro atoms. The minimum absolute atomic E-state index is 0.0460. The summed E-state index contributed by atoms with van der Waals surface area (Å²) in [4.78, 5) is 31.9. The van der Waals surface area contributed by atoms with Crippen molar-refractivity contribution in [1.82, 2.24) is 9.88 Å². The number of hydrogen-bond donors (Lipinski definition) is 1. The Kier molecular flexibility index (Phi) is 6.64. The SMILES string of the molecule is CCOc1cccc(C2C(C(=O)C=Cc3ccccc3)=C(O)C(=O)N2Cc2cccnc2)c1. The van der Waals surface area contributed by atoms with Gasteiger partial charge < -0.3 is 14.7 Å². The van der Waals surface area contributed by atoms with Gasteiger partial charge in [-0.1, -0.05) is 54.6 Å². The summed E-state index contributed by atoms with van der Waals surface area (Å²) in [6, 6.07) is 19.5. The highest BCUT2D eigenvalue weighted by Gasteiger charge is 2.43. The summed E-state index contributed by atoms with van der Waals surface area (Å²) in [5.41, 5.74) is 2.36. The van der Waals surface area contributed by atoms with Crippen molar-refractivity contribution in [3.63, 3.8) is 0 Å². The number of pyridine rings is 1. The van der Waals surface area contributed by atoms with Crippen molar-refractivity contribution in [3.8, 4) is 5.75 Å². The zero-order chi connectivity index (χ0) is 23.2. The van der Waals surface area contributed by atoms with E-state index in [1.165, 1.54) is 11.0 Å². The van der Waals surface area contributed by atoms with E-state index in [1.54, 1.807) is 30.6 Å². The fourth-order valence-electron chi connectivity index (χ4n) is 3.87. The zero-order valence-corrected chi connectivity index (χ0v) is 18.2. The van der Waals surface area contributed by atoms with Crippen LogP contribution < -0.4 is 4.74 Å². The number of aliphatic hydroxyl groups excluding tert-OH is 1. The highest BCUT2D eigenvalue weighted by Crippen LogP contribution is 2.40. The third-order valence-electron chi connectivity index (χ3n) is 5.36. The molecule has 0 bridgehead atoms. The molecule has 1 unspecified atom stereocenters. The van der Waals surface area contributed by atoms with E-state index in [-0.39, 0.29) is 12.1 Å². The normalized spacial score (nSPS) is 16.0. The molecule has 0 radical (unpaired) electrons. The predicted molar refractivity (Wildman–Crippen MR) is 125 cm³/mol. The monoisotopic (exact) mass is 440 g/mol. The maximum Gasteiger partial charge on any atom is 0.290 e. The van der Waals surface area contributed by atoms with Gasteiger partial charge in [0.2, 0.25) is 0 Å². The molecule has 3 aromatic rings. The number of nitrogens with zero attached hydrogens (tertiary/aromatic N) is 2. The number of benzene rings is 2. The largest absolute Gasteiger partial charge is 0.503 e. The van der Waals surface area contributed by atoms with Gasteiger partial charge >= 0.3 is 0 Å². The van der Waals surface area contributed by atoms with Crippen LogP contribution in [0.4, 0.5) is 0 Å². The number of hydrogen-bond acceptors (Lipinski definition) is 5. The van der Waals surface area contributed by atoms with Crippen LogP contribution >= 0.6 is 0 Å². The van der Waals surface area contributed by atoms with Crippen LogP contribution in [0.3, 0.4) is 0 Å². The molecule has 166 valence electrons. The van der Waals surface area contributed by atoms with Gasteiger partial charge in [-0.25, -0.2) is 0 Å². The van der Waals surface area contributed by atoms with Crippen LogP contribution in [0.25, 0.3) is 6.08 Å². The fourth-order valence-corrected chi connectivity index (χ4v) is 3.87. The van der Waals surface area contributed by atoms with E-state index in [2.05, 4.69) is 4.98 Å². The molecule has 0 saturated carbocycles. The lowest BCUT2D eigenvalue weighted by Crippen LogP contribution is -2.30. The first-order chi connectivity index (χ1) is 16.1. The number of aliphatic hydroxyl groups is 1. The molecule has 1 aromatic heterocycles. The number of ketones is 1. The Bertz CT molecular complexity index is 1200. The maximum absolute atomic E-state index is 13.2. The molecule has 6 heteroatoms. The first kappa shape index (κ1) is 22.0. The quantitative estimate of drug-likeness (QED) is 0.516. The Morgan fingerprint density at radius 2 is 1.94 bits per heavy atom. The standard InChI is InChI=1S/C27H24N2O4/c1-2-33-22-12-6-11-21(16-22)25-24(23(30)14-13-19-8-4-3-5-9-19)26(31)27(32)29(25)18-20-10-7-15-28-17-20/h3-17,25,31H,2,18H2,1H3. The molecule has 1 aliphatic heterocycles. The number of carbonyl (C=O) groups excluding carboxylic acids is 2. The highest BCUT2D eigenvalue weighted by atomic mass is 16.5. The van der Waals surface area contributed by atoms with E-state index in [0.29, 0.717) is 17.9 Å². The van der Waals surface area contributed by atoms with Crippen LogP contribution in [0.1, 0.15) is 29.7 Å². The first-order valence-corrected chi connectivity index (χ1v) is 10.7. The Morgan fingerprint density at radius 1 is 1.12 bits per heavy atom. The van der Waals surface area contributed by atoms with Gasteiger partial charge in [-0.15, -0.1) is 0 Å². The maximum atomic E-state index is 13.2. The van der Waals surface area contributed by atoms with Crippen LogP contribution in [0.15, 0.2) is 96.5 Å². The molecule has 33 heavy (non-hydrogen) atoms. The molecule has 4 rings (SSSR count). The van der Waals surface area contributed by atoms with Crippen LogP contribution in [-0.4, -0.2) is 33.3 Å². The third kappa shape index (κ3) is 4.85. The minimum atomic E-state index is -0.758. The number of aromatic nitrogens is 1. The third-order valence-corrected chi connectivity index (χ3v) is 5.36. The van der Waals surface area contributed by atoms with Gasteiger partial charge in [0.15, 0.2) is 11.5 Å². The Labute approximate surface area is 192 Å². The average Bonchev–Trinajstić information content (AvgIpc) is 3.09. The van der Waals surface area contributed by atoms with Crippen molar-refractivity contribution < 1.29 is 19.4 Å². The summed E-state index contributed by atoms with van der Waals surface area (Å²) in [6.07, 6.45) is 6.37. The number of allylic oxidation sites excluding steroid dienone is 1. The van der Waals surface area contributed by atoms with Crippen LogP contribution in [-0.2, 0) is 16.1 Å². The zero-order valence-electron chi connectivity index (χ0n) is 18.2. The number of amides is 1. The molecule has 1 amide bonds. The Morgan fingerprint density at radius 3 is 2.67 bits per heavy atom. The van der Waals surface area contributed by atoms with E-state index in [1.807, 2.05) is 61.5 Å². The molecule has 1 aliphatic rings. The minimum Gasteiger partial charge on any atom is -0.503 e. The Balaban J connectivity index is 1.73. The lowest BCUT2D eigenvalue weighted by atomic mass is 9.95. The van der Waals surface area contributed by atoms with E-state index < -0.39 is 23.5 Å². The first-order valence-electron chi connectivity index (χ1n) is 10.7. The molecule has 0 saturated heterocycles. The second-order valence-electron chi connectivity index (χ2n) is 7.57. The topological polar surface area (TPSA) is 79.7 Å². The molecule has 0 fully saturated rings. The lowest BCUT2D eigenvalue weighted by Gasteiger charge is -2.27. The Hall–Kier alpha value is -4.19. The molecule has 1 N–H and O–H groups in total. The summed E-state index contributed by atoms with van der Waals surface area (Å²) in [7, 11) is 0. The van der Waals surface area contributed by atoms with Gasteiger partial charge in [-0.05, 0) is 47.9 Å². The van der Waals surface area contributed by atoms with Gasteiger partial charge in [-0.2, -0.15) is 0 Å². The molecule has 2 aromatic carbocycles. The van der Waals surface area contributed by atoms with Crippen molar-refractivity contribution in [2.24, 2.45) is 0 Å². The van der Waals surface area contributed by atoms with Gasteiger partial charge in [0.25, 0.3) is 5.91 Å². The number of carbonyl (C=O) groups is 2. The molecular weight excluding hydrogens is 416 g/mol. The van der Waals surface area contributed by atoms with Crippen molar-refractivity contribution in [1.29, 1.82) is 0 Å². The van der Waals surface area contributed by atoms with E-state index in [0.717, 1.165) is 11.1 Å². The molecule has 1 atom stereocenters.